The molecule has 70 valence electrons. The molecule has 1 aromatic rings. The molecule has 0 amide bonds. The van der Waals surface area contributed by atoms with E-state index >= 15 is 0 Å². The first kappa shape index (κ1) is 10.5. The van der Waals surface area contributed by atoms with Crippen LogP contribution in [-0.4, -0.2) is 5.78 Å². The molecule has 0 fully saturated rings. The Morgan fingerprint density at radius 1 is 1.46 bits per heavy atom. The van der Waals surface area contributed by atoms with Gasteiger partial charge < -0.3 is 0 Å². The smallest absolute Gasteiger partial charge is 0.160 e. The zero-order valence-corrected chi connectivity index (χ0v) is 9.73. The summed E-state index contributed by atoms with van der Waals surface area (Å²) in [7, 11) is 0. The van der Waals surface area contributed by atoms with Crippen molar-refractivity contribution in [2.75, 3.05) is 0 Å². The van der Waals surface area contributed by atoms with Crippen LogP contribution < -0.4 is 0 Å². The fourth-order valence-corrected chi connectivity index (χ4v) is 1.81. The number of hydrogen-bond donors (Lipinski definition) is 0. The van der Waals surface area contributed by atoms with E-state index in [0.717, 1.165) is 22.0 Å². The minimum atomic E-state index is 0.133. The summed E-state index contributed by atoms with van der Waals surface area (Å²) >= 11 is 3.45. The highest BCUT2D eigenvalue weighted by Crippen LogP contribution is 2.22. The number of Topliss-reactive ketones (excluding diaryl/α,β-unsaturated/α-hetero) is 1. The summed E-state index contributed by atoms with van der Waals surface area (Å²) in [6.45, 7) is 5.65. The van der Waals surface area contributed by atoms with Crippen molar-refractivity contribution in [3.05, 3.63) is 33.3 Å². The van der Waals surface area contributed by atoms with Gasteiger partial charge >= 0.3 is 0 Å². The van der Waals surface area contributed by atoms with Crippen molar-refractivity contribution in [3.63, 3.8) is 0 Å². The predicted molar refractivity (Wildman–Crippen MR) is 58.3 cm³/mol. The second-order valence-electron chi connectivity index (χ2n) is 3.16. The van der Waals surface area contributed by atoms with Gasteiger partial charge in [0.25, 0.3) is 0 Å². The van der Waals surface area contributed by atoms with E-state index in [4.69, 9.17) is 0 Å². The summed E-state index contributed by atoms with van der Waals surface area (Å²) in [6.07, 6.45) is 0.958. The quantitative estimate of drug-likeness (QED) is 0.724. The molecule has 13 heavy (non-hydrogen) atoms. The molecule has 0 atom stereocenters. The van der Waals surface area contributed by atoms with Gasteiger partial charge in [0, 0.05) is 10.0 Å². The van der Waals surface area contributed by atoms with Gasteiger partial charge in [-0.15, -0.1) is 0 Å². The molecule has 0 spiro atoms. The number of halogens is 1. The maximum atomic E-state index is 11.3. The lowest BCUT2D eigenvalue weighted by molar-refractivity contribution is 0.101. The molecule has 0 heterocycles. The van der Waals surface area contributed by atoms with Gasteiger partial charge in [-0.3, -0.25) is 4.79 Å². The number of rotatable bonds is 2. The molecule has 0 aliphatic carbocycles. The molecule has 1 aromatic carbocycles. The van der Waals surface area contributed by atoms with E-state index < -0.39 is 0 Å². The van der Waals surface area contributed by atoms with Crippen LogP contribution in [0, 0.1) is 6.92 Å². The summed E-state index contributed by atoms with van der Waals surface area (Å²) in [4.78, 5) is 11.3. The summed E-state index contributed by atoms with van der Waals surface area (Å²) in [5.41, 5.74) is 3.05. The fourth-order valence-electron chi connectivity index (χ4n) is 1.30. The first-order valence-corrected chi connectivity index (χ1v) is 5.15. The normalized spacial score (nSPS) is 10.2. The number of hydrogen-bond acceptors (Lipinski definition) is 1. The van der Waals surface area contributed by atoms with Gasteiger partial charge in [-0.2, -0.15) is 0 Å². The number of benzene rings is 1. The molecule has 0 aromatic heterocycles. The first-order valence-electron chi connectivity index (χ1n) is 4.36. The summed E-state index contributed by atoms with van der Waals surface area (Å²) < 4.78 is 1.03. The molecule has 0 bridgehead atoms. The third kappa shape index (κ3) is 2.19. The van der Waals surface area contributed by atoms with Crippen molar-refractivity contribution in [1.82, 2.24) is 0 Å². The molecular weight excluding hydrogens is 228 g/mol. The monoisotopic (exact) mass is 240 g/mol. The molecule has 0 unspecified atom stereocenters. The van der Waals surface area contributed by atoms with Gasteiger partial charge in [-0.1, -0.05) is 22.9 Å². The highest BCUT2D eigenvalue weighted by Gasteiger charge is 2.07. The van der Waals surface area contributed by atoms with E-state index in [9.17, 15) is 4.79 Å². The van der Waals surface area contributed by atoms with Crippen LogP contribution in [0.4, 0.5) is 0 Å². The number of carbonyl (C=O) groups excluding carboxylic acids is 1. The van der Waals surface area contributed by atoms with Crippen LogP contribution in [-0.2, 0) is 6.42 Å². The Morgan fingerprint density at radius 2 is 2.08 bits per heavy atom. The van der Waals surface area contributed by atoms with Crippen molar-refractivity contribution in [3.8, 4) is 0 Å². The van der Waals surface area contributed by atoms with Crippen molar-refractivity contribution in [2.45, 2.75) is 27.2 Å². The second-order valence-corrected chi connectivity index (χ2v) is 4.01. The number of aryl methyl sites for hydroxylation is 1. The lowest BCUT2D eigenvalue weighted by atomic mass is 10.0. The Labute approximate surface area is 87.3 Å². The maximum absolute atomic E-state index is 11.3. The molecule has 2 heteroatoms. The number of ketones is 1. The topological polar surface area (TPSA) is 17.1 Å². The summed E-state index contributed by atoms with van der Waals surface area (Å²) in [6, 6.07) is 4.05. The van der Waals surface area contributed by atoms with Gasteiger partial charge in [0.05, 0.1) is 0 Å². The average Bonchev–Trinajstić information content (AvgIpc) is 2.09. The zero-order chi connectivity index (χ0) is 10.0. The Morgan fingerprint density at radius 3 is 2.54 bits per heavy atom. The van der Waals surface area contributed by atoms with Crippen molar-refractivity contribution < 1.29 is 4.79 Å². The lowest BCUT2D eigenvalue weighted by Gasteiger charge is -2.07. The van der Waals surface area contributed by atoms with E-state index in [-0.39, 0.29) is 5.78 Å². The van der Waals surface area contributed by atoms with Gasteiger partial charge in [0.1, 0.15) is 0 Å². The van der Waals surface area contributed by atoms with Gasteiger partial charge in [-0.05, 0) is 43.5 Å². The highest BCUT2D eigenvalue weighted by molar-refractivity contribution is 9.10. The van der Waals surface area contributed by atoms with Gasteiger partial charge in [-0.25, -0.2) is 0 Å². The Hall–Kier alpha value is -0.630. The minimum absolute atomic E-state index is 0.133. The third-order valence-corrected chi connectivity index (χ3v) is 3.02. The van der Waals surface area contributed by atoms with Crippen LogP contribution >= 0.6 is 15.9 Å². The number of carbonyl (C=O) groups is 1. The zero-order valence-electron chi connectivity index (χ0n) is 8.15. The average molecular weight is 241 g/mol. The molecule has 0 radical (unpaired) electrons. The van der Waals surface area contributed by atoms with Crippen LogP contribution in [0.15, 0.2) is 16.6 Å². The first-order chi connectivity index (χ1) is 6.06. The molecule has 0 N–H and O–H groups in total. The van der Waals surface area contributed by atoms with E-state index in [1.807, 2.05) is 13.0 Å². The Kier molecular flexibility index (Phi) is 3.26. The molecule has 0 saturated carbocycles. The highest BCUT2D eigenvalue weighted by atomic mass is 79.9. The van der Waals surface area contributed by atoms with E-state index in [0.29, 0.717) is 0 Å². The van der Waals surface area contributed by atoms with E-state index in [1.165, 1.54) is 5.56 Å². The molecule has 0 saturated heterocycles. The van der Waals surface area contributed by atoms with Crippen molar-refractivity contribution >= 4 is 21.7 Å². The van der Waals surface area contributed by atoms with Crippen molar-refractivity contribution in [1.29, 1.82) is 0 Å². The predicted octanol–water partition coefficient (Wildman–Crippen LogP) is 3.52. The summed E-state index contributed by atoms with van der Waals surface area (Å²) in [5, 5.41) is 0. The van der Waals surface area contributed by atoms with Gasteiger partial charge in [0.15, 0.2) is 5.78 Å². The summed E-state index contributed by atoms with van der Waals surface area (Å²) in [5.74, 6) is 0.133. The second kappa shape index (κ2) is 4.05. The van der Waals surface area contributed by atoms with E-state index in [2.05, 4.69) is 28.9 Å². The molecule has 1 rings (SSSR count). The molecule has 1 nitrogen and oxygen atoms in total. The maximum Gasteiger partial charge on any atom is 0.160 e. The van der Waals surface area contributed by atoms with Crippen LogP contribution in [0.2, 0.25) is 0 Å². The minimum Gasteiger partial charge on any atom is -0.295 e. The third-order valence-electron chi connectivity index (χ3n) is 2.19. The van der Waals surface area contributed by atoms with E-state index in [1.54, 1.807) is 6.92 Å². The van der Waals surface area contributed by atoms with Crippen LogP contribution in [0.5, 0.6) is 0 Å². The SMILES string of the molecule is CCc1cc(Br)c(C)c(C(C)=O)c1. The van der Waals surface area contributed by atoms with Crippen LogP contribution in [0.3, 0.4) is 0 Å². The fraction of sp³-hybridized carbons (Fsp3) is 0.364. The molecular formula is C11H13BrO. The lowest BCUT2D eigenvalue weighted by Crippen LogP contribution is -1.98. The Bertz CT molecular complexity index is 342. The standard InChI is InChI=1S/C11H13BrO/c1-4-9-5-10(8(3)13)7(2)11(12)6-9/h5-6H,4H2,1-3H3. The molecule has 0 aliphatic heterocycles. The Balaban J connectivity index is 3.33. The largest absolute Gasteiger partial charge is 0.295 e. The van der Waals surface area contributed by atoms with Crippen LogP contribution in [0.1, 0.15) is 35.3 Å². The van der Waals surface area contributed by atoms with Crippen LogP contribution in [0.25, 0.3) is 0 Å². The van der Waals surface area contributed by atoms with Crippen molar-refractivity contribution in [2.24, 2.45) is 0 Å². The van der Waals surface area contributed by atoms with Gasteiger partial charge in [0.2, 0.25) is 0 Å². The molecule has 0 aliphatic rings.